The summed E-state index contributed by atoms with van der Waals surface area (Å²) in [4.78, 5) is 33.1. The van der Waals surface area contributed by atoms with E-state index < -0.39 is 10.9 Å². The van der Waals surface area contributed by atoms with Crippen LogP contribution in [0, 0.1) is 24.0 Å². The number of halogens is 2. The lowest BCUT2D eigenvalue weighted by Crippen LogP contribution is -2.08. The molecule has 2 rings (SSSR count). The van der Waals surface area contributed by atoms with Crippen molar-refractivity contribution in [2.24, 2.45) is 0 Å². The van der Waals surface area contributed by atoms with E-state index in [0.29, 0.717) is 48.3 Å². The standard InChI is InChI=1S/C12H14ClNO5.C12H15ClO3/c1-8-6-9(12(15)18-2)10(14(16)17)7-11(8)19-5-3-4-13;1-9-8-10(12(14)15-2)4-5-11(9)16-7-3-6-13/h6-7H,3-5H2,1-2H3;4-5,8H,3,6-7H2,1-2H3. The summed E-state index contributed by atoms with van der Waals surface area (Å²) >= 11 is 11.1. The topological polar surface area (TPSA) is 114 Å². The lowest BCUT2D eigenvalue weighted by molar-refractivity contribution is -0.385. The average molecular weight is 530 g/mol. The monoisotopic (exact) mass is 529 g/mol. The fourth-order valence-electron chi connectivity index (χ4n) is 2.79. The Morgan fingerprint density at radius 3 is 1.89 bits per heavy atom. The van der Waals surface area contributed by atoms with E-state index in [1.807, 2.05) is 6.92 Å². The summed E-state index contributed by atoms with van der Waals surface area (Å²) in [6.07, 6.45) is 1.44. The van der Waals surface area contributed by atoms with Gasteiger partial charge in [0, 0.05) is 11.8 Å². The molecule has 192 valence electrons. The maximum atomic E-state index is 11.5. The number of esters is 2. The van der Waals surface area contributed by atoms with Gasteiger partial charge in [-0.1, -0.05) is 0 Å². The minimum atomic E-state index is -0.748. The SMILES string of the molecule is COC(=O)c1cc(C)c(OCCCCl)cc1[N+](=O)[O-].COC(=O)c1ccc(OCCCCl)c(C)c1. The van der Waals surface area contributed by atoms with Gasteiger partial charge < -0.3 is 18.9 Å². The number of carbonyl (C=O) groups excluding carboxylic acids is 2. The molecule has 11 heteroatoms. The number of ether oxygens (including phenoxy) is 4. The van der Waals surface area contributed by atoms with E-state index in [-0.39, 0.29) is 17.2 Å². The molecule has 0 spiro atoms. The van der Waals surface area contributed by atoms with Crippen LogP contribution in [0.5, 0.6) is 11.5 Å². The third-order valence-corrected chi connectivity index (χ3v) is 5.10. The highest BCUT2D eigenvalue weighted by Crippen LogP contribution is 2.29. The molecule has 0 amide bonds. The van der Waals surface area contributed by atoms with Crippen LogP contribution in [-0.2, 0) is 9.47 Å². The van der Waals surface area contributed by atoms with Crippen molar-refractivity contribution in [1.82, 2.24) is 0 Å². The van der Waals surface area contributed by atoms with Crippen molar-refractivity contribution in [2.45, 2.75) is 26.7 Å². The minimum absolute atomic E-state index is 0.0882. The summed E-state index contributed by atoms with van der Waals surface area (Å²) in [5.41, 5.74) is 1.65. The summed E-state index contributed by atoms with van der Waals surface area (Å²) in [5, 5.41) is 11.0. The second-order valence-electron chi connectivity index (χ2n) is 7.14. The van der Waals surface area contributed by atoms with Gasteiger partial charge in [0.15, 0.2) is 0 Å². The number of methoxy groups -OCH3 is 2. The summed E-state index contributed by atoms with van der Waals surface area (Å²) in [6.45, 7) is 4.54. The van der Waals surface area contributed by atoms with Gasteiger partial charge >= 0.3 is 11.9 Å². The first-order valence-corrected chi connectivity index (χ1v) is 11.7. The van der Waals surface area contributed by atoms with E-state index in [1.165, 1.54) is 26.4 Å². The van der Waals surface area contributed by atoms with Crippen molar-refractivity contribution in [2.75, 3.05) is 39.2 Å². The number of nitro benzene ring substituents is 1. The number of hydrogen-bond donors (Lipinski definition) is 0. The molecule has 0 saturated heterocycles. The fraction of sp³-hybridized carbons (Fsp3) is 0.417. The molecule has 0 atom stereocenters. The highest BCUT2D eigenvalue weighted by atomic mass is 35.5. The van der Waals surface area contributed by atoms with E-state index >= 15 is 0 Å². The Hall–Kier alpha value is -3.04. The van der Waals surface area contributed by atoms with E-state index in [1.54, 1.807) is 25.1 Å². The summed E-state index contributed by atoms with van der Waals surface area (Å²) in [5.74, 6) is 1.08. The average Bonchev–Trinajstić information content (AvgIpc) is 2.85. The number of nitrogens with zero attached hydrogens (tertiary/aromatic N) is 1. The maximum Gasteiger partial charge on any atom is 0.344 e. The van der Waals surface area contributed by atoms with Crippen molar-refractivity contribution in [1.29, 1.82) is 0 Å². The molecule has 9 nitrogen and oxygen atoms in total. The Morgan fingerprint density at radius 2 is 1.40 bits per heavy atom. The minimum Gasteiger partial charge on any atom is -0.493 e. The number of nitro groups is 1. The van der Waals surface area contributed by atoms with E-state index in [9.17, 15) is 19.7 Å². The van der Waals surface area contributed by atoms with Crippen LogP contribution >= 0.6 is 23.2 Å². The molecule has 0 bridgehead atoms. The van der Waals surface area contributed by atoms with Crippen molar-refractivity contribution >= 4 is 40.8 Å². The van der Waals surface area contributed by atoms with Crippen molar-refractivity contribution in [3.63, 3.8) is 0 Å². The number of hydrogen-bond acceptors (Lipinski definition) is 8. The Balaban J connectivity index is 0.000000355. The third-order valence-electron chi connectivity index (χ3n) is 4.56. The second kappa shape index (κ2) is 15.8. The van der Waals surface area contributed by atoms with Crippen LogP contribution in [0.15, 0.2) is 30.3 Å². The molecule has 0 saturated carbocycles. The molecular weight excluding hydrogens is 501 g/mol. The lowest BCUT2D eigenvalue weighted by Gasteiger charge is -2.10. The van der Waals surface area contributed by atoms with E-state index in [4.69, 9.17) is 32.7 Å². The van der Waals surface area contributed by atoms with Crippen molar-refractivity contribution in [3.8, 4) is 11.5 Å². The molecule has 0 aliphatic heterocycles. The molecule has 2 aromatic carbocycles. The first-order chi connectivity index (χ1) is 16.7. The van der Waals surface area contributed by atoms with Crippen LogP contribution in [0.3, 0.4) is 0 Å². The highest BCUT2D eigenvalue weighted by Gasteiger charge is 2.23. The van der Waals surface area contributed by atoms with Crippen LogP contribution in [-0.4, -0.2) is 56.1 Å². The van der Waals surface area contributed by atoms with Gasteiger partial charge in [0.25, 0.3) is 5.69 Å². The number of rotatable bonds is 11. The summed E-state index contributed by atoms with van der Waals surface area (Å²) < 4.78 is 20.1. The molecular formula is C24H29Cl2NO8. The van der Waals surface area contributed by atoms with Gasteiger partial charge in [-0.2, -0.15) is 0 Å². The Labute approximate surface area is 214 Å². The third kappa shape index (κ3) is 9.62. The molecule has 0 aliphatic carbocycles. The zero-order chi connectivity index (χ0) is 26.4. The van der Waals surface area contributed by atoms with E-state index in [0.717, 1.165) is 17.7 Å². The van der Waals surface area contributed by atoms with Gasteiger partial charge in [-0.15, -0.1) is 23.2 Å². The van der Waals surface area contributed by atoms with Gasteiger partial charge in [-0.3, -0.25) is 10.1 Å². The van der Waals surface area contributed by atoms with Gasteiger partial charge in [0.1, 0.15) is 17.1 Å². The van der Waals surface area contributed by atoms with Crippen molar-refractivity contribution in [3.05, 3.63) is 62.7 Å². The lowest BCUT2D eigenvalue weighted by atomic mass is 10.1. The van der Waals surface area contributed by atoms with Crippen LogP contribution in [0.25, 0.3) is 0 Å². The van der Waals surface area contributed by atoms with E-state index in [2.05, 4.69) is 9.47 Å². The first kappa shape index (κ1) is 30.0. The van der Waals surface area contributed by atoms with Gasteiger partial charge in [-0.05, 0) is 62.1 Å². The quantitative estimate of drug-likeness (QED) is 0.123. The number of carbonyl (C=O) groups is 2. The van der Waals surface area contributed by atoms with Crippen molar-refractivity contribution < 1.29 is 33.5 Å². The van der Waals surface area contributed by atoms with Gasteiger partial charge in [0.2, 0.25) is 0 Å². The predicted molar refractivity (Wildman–Crippen MR) is 133 cm³/mol. The van der Waals surface area contributed by atoms with Crippen LogP contribution in [0.4, 0.5) is 5.69 Å². The molecule has 0 aromatic heterocycles. The Bertz CT molecular complexity index is 1010. The molecule has 0 unspecified atom stereocenters. The molecule has 35 heavy (non-hydrogen) atoms. The summed E-state index contributed by atoms with van der Waals surface area (Å²) in [7, 11) is 2.54. The number of alkyl halides is 2. The smallest absolute Gasteiger partial charge is 0.344 e. The normalized spacial score (nSPS) is 10.0. The van der Waals surface area contributed by atoms with Crippen LogP contribution < -0.4 is 9.47 Å². The Kier molecular flexibility index (Phi) is 13.5. The van der Waals surface area contributed by atoms with Crippen LogP contribution in [0.2, 0.25) is 0 Å². The molecule has 0 fully saturated rings. The number of benzene rings is 2. The van der Waals surface area contributed by atoms with Crippen LogP contribution in [0.1, 0.15) is 44.7 Å². The molecule has 0 aliphatic rings. The summed E-state index contributed by atoms with van der Waals surface area (Å²) in [6, 6.07) is 7.84. The zero-order valence-corrected chi connectivity index (χ0v) is 21.6. The Morgan fingerprint density at radius 1 is 0.857 bits per heavy atom. The van der Waals surface area contributed by atoms with Gasteiger partial charge in [0.05, 0.1) is 44.0 Å². The predicted octanol–water partition coefficient (Wildman–Crippen LogP) is 5.49. The molecule has 0 N–H and O–H groups in total. The van der Waals surface area contributed by atoms with Gasteiger partial charge in [-0.25, -0.2) is 9.59 Å². The first-order valence-electron chi connectivity index (χ1n) is 10.6. The largest absolute Gasteiger partial charge is 0.493 e. The number of aryl methyl sites for hydroxylation is 2. The highest BCUT2D eigenvalue weighted by molar-refractivity contribution is 6.18. The molecule has 2 aromatic rings. The fourth-order valence-corrected chi connectivity index (χ4v) is 3.01. The maximum absolute atomic E-state index is 11.5. The molecule has 0 radical (unpaired) electrons. The second-order valence-corrected chi connectivity index (χ2v) is 7.89. The molecule has 0 heterocycles. The zero-order valence-electron chi connectivity index (χ0n) is 20.1.